The smallest absolute Gasteiger partial charge is 0.171 e. The molecule has 0 saturated carbocycles. The van der Waals surface area contributed by atoms with Gasteiger partial charge in [0.2, 0.25) is 0 Å². The molecule has 0 aliphatic carbocycles. The summed E-state index contributed by atoms with van der Waals surface area (Å²) < 4.78 is 0. The SMILES string of the molecule is CCc1nc(-c2cncs2)nc(CC)c1CCNC. The van der Waals surface area contributed by atoms with Gasteiger partial charge in [-0.15, -0.1) is 11.3 Å². The molecule has 4 nitrogen and oxygen atoms in total. The first-order valence-electron chi connectivity index (χ1n) is 6.72. The van der Waals surface area contributed by atoms with E-state index in [1.54, 1.807) is 11.3 Å². The van der Waals surface area contributed by atoms with Gasteiger partial charge in [-0.2, -0.15) is 0 Å². The summed E-state index contributed by atoms with van der Waals surface area (Å²) in [6.07, 6.45) is 4.72. The Kier molecular flexibility index (Phi) is 4.99. The maximum absolute atomic E-state index is 4.73. The lowest BCUT2D eigenvalue weighted by Crippen LogP contribution is -2.15. The topological polar surface area (TPSA) is 50.7 Å². The van der Waals surface area contributed by atoms with E-state index >= 15 is 0 Å². The van der Waals surface area contributed by atoms with Gasteiger partial charge in [0, 0.05) is 17.6 Å². The number of aromatic nitrogens is 3. The number of thiazole rings is 1. The highest BCUT2D eigenvalue weighted by atomic mass is 32.1. The summed E-state index contributed by atoms with van der Waals surface area (Å²) in [4.78, 5) is 14.6. The summed E-state index contributed by atoms with van der Waals surface area (Å²) in [6, 6.07) is 0. The van der Waals surface area contributed by atoms with E-state index in [0.29, 0.717) is 0 Å². The van der Waals surface area contributed by atoms with Gasteiger partial charge in [0.1, 0.15) is 0 Å². The van der Waals surface area contributed by atoms with E-state index in [0.717, 1.165) is 36.5 Å². The van der Waals surface area contributed by atoms with Crippen LogP contribution in [0.2, 0.25) is 0 Å². The molecule has 0 aliphatic rings. The molecule has 2 heterocycles. The normalized spacial score (nSPS) is 10.9. The third-order valence-corrected chi connectivity index (χ3v) is 3.89. The summed E-state index contributed by atoms with van der Waals surface area (Å²) >= 11 is 1.59. The second-order valence-corrected chi connectivity index (χ2v) is 5.23. The van der Waals surface area contributed by atoms with Crippen molar-refractivity contribution in [3.05, 3.63) is 28.7 Å². The van der Waals surface area contributed by atoms with Crippen molar-refractivity contribution in [3.63, 3.8) is 0 Å². The lowest BCUT2D eigenvalue weighted by Gasteiger charge is -2.13. The zero-order valence-electron chi connectivity index (χ0n) is 11.7. The van der Waals surface area contributed by atoms with Crippen LogP contribution < -0.4 is 5.32 Å². The Balaban J connectivity index is 2.45. The summed E-state index contributed by atoms with van der Waals surface area (Å²) in [5.41, 5.74) is 5.48. The van der Waals surface area contributed by atoms with Gasteiger partial charge >= 0.3 is 0 Å². The Hall–Kier alpha value is -1.33. The average Bonchev–Trinajstić information content (AvgIpc) is 2.98. The summed E-state index contributed by atoms with van der Waals surface area (Å²) in [5.74, 6) is 0.824. The molecular formula is C14H20N4S. The highest BCUT2D eigenvalue weighted by Crippen LogP contribution is 2.23. The van der Waals surface area contributed by atoms with E-state index in [1.807, 2.05) is 18.8 Å². The van der Waals surface area contributed by atoms with Gasteiger partial charge in [-0.1, -0.05) is 13.8 Å². The molecule has 0 bridgehead atoms. The number of nitrogens with one attached hydrogen (secondary N) is 1. The minimum Gasteiger partial charge on any atom is -0.319 e. The summed E-state index contributed by atoms with van der Waals surface area (Å²) in [6.45, 7) is 5.27. The molecule has 2 aromatic heterocycles. The molecule has 102 valence electrons. The second-order valence-electron chi connectivity index (χ2n) is 4.35. The Morgan fingerprint density at radius 2 is 1.84 bits per heavy atom. The number of rotatable bonds is 6. The molecular weight excluding hydrogens is 256 g/mol. The van der Waals surface area contributed by atoms with Gasteiger partial charge in [-0.3, -0.25) is 4.98 Å². The third kappa shape index (κ3) is 3.16. The van der Waals surface area contributed by atoms with Crippen molar-refractivity contribution in [1.82, 2.24) is 20.3 Å². The van der Waals surface area contributed by atoms with Crippen molar-refractivity contribution in [2.24, 2.45) is 0 Å². The first-order valence-corrected chi connectivity index (χ1v) is 7.60. The second kappa shape index (κ2) is 6.73. The Labute approximate surface area is 118 Å². The van der Waals surface area contributed by atoms with Crippen LogP contribution in [0, 0.1) is 0 Å². The fourth-order valence-electron chi connectivity index (χ4n) is 2.14. The van der Waals surface area contributed by atoms with Crippen molar-refractivity contribution in [2.75, 3.05) is 13.6 Å². The molecule has 5 heteroatoms. The molecule has 0 radical (unpaired) electrons. The van der Waals surface area contributed by atoms with Crippen molar-refractivity contribution >= 4 is 11.3 Å². The highest BCUT2D eigenvalue weighted by Gasteiger charge is 2.13. The lowest BCUT2D eigenvalue weighted by atomic mass is 10.0. The maximum atomic E-state index is 4.73. The van der Waals surface area contributed by atoms with Crippen molar-refractivity contribution < 1.29 is 0 Å². The maximum Gasteiger partial charge on any atom is 0.171 e. The van der Waals surface area contributed by atoms with Crippen LogP contribution in [0.1, 0.15) is 30.8 Å². The molecule has 0 atom stereocenters. The van der Waals surface area contributed by atoms with Gasteiger partial charge in [0.05, 0.1) is 10.4 Å². The van der Waals surface area contributed by atoms with Crippen LogP contribution in [0.5, 0.6) is 0 Å². The van der Waals surface area contributed by atoms with Crippen LogP contribution in [-0.4, -0.2) is 28.5 Å². The number of hydrogen-bond acceptors (Lipinski definition) is 5. The fraction of sp³-hybridized carbons (Fsp3) is 0.500. The van der Waals surface area contributed by atoms with Crippen molar-refractivity contribution in [1.29, 1.82) is 0 Å². The summed E-state index contributed by atoms with van der Waals surface area (Å²) in [5, 5.41) is 3.20. The van der Waals surface area contributed by atoms with E-state index in [-0.39, 0.29) is 0 Å². The average molecular weight is 276 g/mol. The van der Waals surface area contributed by atoms with E-state index < -0.39 is 0 Å². The monoisotopic (exact) mass is 276 g/mol. The molecule has 0 aliphatic heterocycles. The third-order valence-electron chi connectivity index (χ3n) is 3.13. The standard InChI is InChI=1S/C14H20N4S/c1-4-11-10(6-7-15-3)12(5-2)18-14(17-11)13-8-16-9-19-13/h8-9,15H,4-7H2,1-3H3. The molecule has 0 aromatic carbocycles. The molecule has 2 aromatic rings. The number of hydrogen-bond donors (Lipinski definition) is 1. The lowest BCUT2D eigenvalue weighted by molar-refractivity contribution is 0.760. The molecule has 0 spiro atoms. The Morgan fingerprint density at radius 3 is 2.32 bits per heavy atom. The van der Waals surface area contributed by atoms with Crippen LogP contribution in [0.4, 0.5) is 0 Å². The first kappa shape index (κ1) is 14.1. The Bertz CT molecular complexity index is 497. The minimum atomic E-state index is 0.824. The van der Waals surface area contributed by atoms with Crippen LogP contribution in [-0.2, 0) is 19.3 Å². The quantitative estimate of drug-likeness (QED) is 0.880. The first-order chi connectivity index (χ1) is 9.30. The Morgan fingerprint density at radius 1 is 1.16 bits per heavy atom. The van der Waals surface area contributed by atoms with Gasteiger partial charge in [-0.25, -0.2) is 9.97 Å². The van der Waals surface area contributed by atoms with Gasteiger partial charge in [0.15, 0.2) is 5.82 Å². The van der Waals surface area contributed by atoms with E-state index in [9.17, 15) is 0 Å². The van der Waals surface area contributed by atoms with Crippen molar-refractivity contribution in [2.45, 2.75) is 33.1 Å². The predicted octanol–water partition coefficient (Wildman–Crippen LogP) is 2.49. The molecule has 0 saturated heterocycles. The van der Waals surface area contributed by atoms with E-state index in [1.165, 1.54) is 17.0 Å². The molecule has 19 heavy (non-hydrogen) atoms. The molecule has 0 amide bonds. The van der Waals surface area contributed by atoms with Gasteiger partial charge < -0.3 is 5.32 Å². The zero-order chi connectivity index (χ0) is 13.7. The van der Waals surface area contributed by atoms with Crippen LogP contribution >= 0.6 is 11.3 Å². The van der Waals surface area contributed by atoms with Crippen molar-refractivity contribution in [3.8, 4) is 10.7 Å². The van der Waals surface area contributed by atoms with E-state index in [2.05, 4.69) is 24.1 Å². The zero-order valence-corrected chi connectivity index (χ0v) is 12.5. The van der Waals surface area contributed by atoms with Crippen LogP contribution in [0.25, 0.3) is 10.7 Å². The fourth-order valence-corrected chi connectivity index (χ4v) is 2.70. The molecule has 0 fully saturated rings. The highest BCUT2D eigenvalue weighted by molar-refractivity contribution is 7.13. The largest absolute Gasteiger partial charge is 0.319 e. The number of nitrogens with zero attached hydrogens (tertiary/aromatic N) is 3. The molecule has 0 unspecified atom stereocenters. The number of aryl methyl sites for hydroxylation is 2. The minimum absolute atomic E-state index is 0.824. The predicted molar refractivity (Wildman–Crippen MR) is 79.5 cm³/mol. The number of likely N-dealkylation sites (N-methyl/N-ethyl adjacent to an activating group) is 1. The van der Waals surface area contributed by atoms with Gasteiger partial charge in [0.25, 0.3) is 0 Å². The van der Waals surface area contributed by atoms with Crippen LogP contribution in [0.15, 0.2) is 11.7 Å². The van der Waals surface area contributed by atoms with E-state index in [4.69, 9.17) is 9.97 Å². The summed E-state index contributed by atoms with van der Waals surface area (Å²) in [7, 11) is 1.98. The molecule has 2 rings (SSSR count). The molecule has 1 N–H and O–H groups in total. The van der Waals surface area contributed by atoms with Gasteiger partial charge in [-0.05, 0) is 38.4 Å². The van der Waals surface area contributed by atoms with Crippen LogP contribution in [0.3, 0.4) is 0 Å².